The molecule has 0 aliphatic heterocycles. The van der Waals surface area contributed by atoms with Gasteiger partial charge >= 0.3 is 5.97 Å². The smallest absolute Gasteiger partial charge is 0.303 e. The van der Waals surface area contributed by atoms with Crippen molar-refractivity contribution in [3.8, 4) is 0 Å². The van der Waals surface area contributed by atoms with Gasteiger partial charge in [-0.15, -0.1) is 0 Å². The van der Waals surface area contributed by atoms with Gasteiger partial charge in [0.05, 0.1) is 4.90 Å². The number of hydrogen-bond acceptors (Lipinski definition) is 3. The molecule has 0 aliphatic rings. The number of carboxylic acids is 1. The van der Waals surface area contributed by atoms with E-state index in [9.17, 15) is 13.2 Å². The van der Waals surface area contributed by atoms with Crippen molar-refractivity contribution < 1.29 is 18.3 Å². The van der Waals surface area contributed by atoms with Crippen LogP contribution in [0.2, 0.25) is 0 Å². The average molecular weight is 336 g/mol. The van der Waals surface area contributed by atoms with Crippen molar-refractivity contribution >= 4 is 31.9 Å². The van der Waals surface area contributed by atoms with E-state index in [1.54, 1.807) is 25.1 Å². The summed E-state index contributed by atoms with van der Waals surface area (Å²) in [7, 11) is -3.63. The van der Waals surface area contributed by atoms with Crippen LogP contribution in [0.3, 0.4) is 0 Å². The van der Waals surface area contributed by atoms with Gasteiger partial charge in [-0.1, -0.05) is 12.1 Å². The molecule has 0 saturated carbocycles. The molecule has 100 valence electrons. The minimum Gasteiger partial charge on any atom is -0.481 e. The number of hydrogen-bond donors (Lipinski definition) is 2. The molecule has 0 fully saturated rings. The van der Waals surface area contributed by atoms with E-state index in [-0.39, 0.29) is 17.7 Å². The Morgan fingerprint density at radius 1 is 1.44 bits per heavy atom. The first-order chi connectivity index (χ1) is 8.33. The van der Waals surface area contributed by atoms with Gasteiger partial charge in [0.2, 0.25) is 10.0 Å². The third kappa shape index (κ3) is 4.40. The molecular weight excluding hydrogens is 322 g/mol. The van der Waals surface area contributed by atoms with Gasteiger partial charge in [-0.3, -0.25) is 4.79 Å². The van der Waals surface area contributed by atoms with E-state index in [0.29, 0.717) is 4.47 Å². The minimum absolute atomic E-state index is 0.0698. The Kier molecular flexibility index (Phi) is 5.30. The number of sulfonamides is 1. The summed E-state index contributed by atoms with van der Waals surface area (Å²) < 4.78 is 27.0. The normalized spacial score (nSPS) is 13.2. The first-order valence-electron chi connectivity index (χ1n) is 5.31. The standard InChI is InChI=1S/C11H14BrNO4S/c1-8(6-7-11(14)15)13-18(16,17)10-5-3-2-4-9(10)12/h2-5,8,13H,6-7H2,1H3,(H,14,15). The Morgan fingerprint density at radius 3 is 2.61 bits per heavy atom. The lowest BCUT2D eigenvalue weighted by Gasteiger charge is -2.14. The Hall–Kier alpha value is -0.920. The highest BCUT2D eigenvalue weighted by Crippen LogP contribution is 2.21. The van der Waals surface area contributed by atoms with Crippen molar-refractivity contribution in [1.29, 1.82) is 0 Å². The lowest BCUT2D eigenvalue weighted by Crippen LogP contribution is -2.33. The summed E-state index contributed by atoms with van der Waals surface area (Å²) in [5.74, 6) is -0.943. The third-order valence-corrected chi connectivity index (χ3v) is 4.88. The molecule has 1 atom stereocenters. The van der Waals surface area contributed by atoms with Gasteiger partial charge in [0, 0.05) is 16.9 Å². The van der Waals surface area contributed by atoms with Gasteiger partial charge in [-0.05, 0) is 41.4 Å². The zero-order chi connectivity index (χ0) is 13.8. The molecule has 1 unspecified atom stereocenters. The second-order valence-electron chi connectivity index (χ2n) is 3.89. The molecule has 7 heteroatoms. The van der Waals surface area contributed by atoms with Crippen molar-refractivity contribution in [2.24, 2.45) is 0 Å². The molecule has 0 aliphatic carbocycles. The highest BCUT2D eigenvalue weighted by atomic mass is 79.9. The van der Waals surface area contributed by atoms with Crippen LogP contribution in [0.1, 0.15) is 19.8 Å². The van der Waals surface area contributed by atoms with Crippen LogP contribution in [0, 0.1) is 0 Å². The van der Waals surface area contributed by atoms with Gasteiger partial charge in [-0.25, -0.2) is 13.1 Å². The summed E-state index contributed by atoms with van der Waals surface area (Å²) in [6.45, 7) is 1.64. The molecule has 1 rings (SSSR count). The van der Waals surface area contributed by atoms with E-state index in [1.165, 1.54) is 6.07 Å². The average Bonchev–Trinajstić information content (AvgIpc) is 2.26. The second kappa shape index (κ2) is 6.31. The molecule has 0 saturated heterocycles. The maximum atomic E-state index is 12.0. The number of halogens is 1. The predicted molar refractivity (Wildman–Crippen MR) is 70.8 cm³/mol. The van der Waals surface area contributed by atoms with Crippen LogP contribution in [0.4, 0.5) is 0 Å². The summed E-state index contributed by atoms with van der Waals surface area (Å²) in [5, 5.41) is 8.54. The number of nitrogens with one attached hydrogen (secondary N) is 1. The molecular formula is C11H14BrNO4S. The summed E-state index contributed by atoms with van der Waals surface area (Å²) in [4.78, 5) is 10.6. The minimum atomic E-state index is -3.63. The van der Waals surface area contributed by atoms with Crippen LogP contribution in [-0.2, 0) is 14.8 Å². The summed E-state index contributed by atoms with van der Waals surface area (Å²) in [6.07, 6.45) is 0.179. The molecule has 0 amide bonds. The maximum Gasteiger partial charge on any atom is 0.303 e. The molecule has 0 radical (unpaired) electrons. The van der Waals surface area contributed by atoms with Crippen molar-refractivity contribution in [1.82, 2.24) is 4.72 Å². The molecule has 0 heterocycles. The monoisotopic (exact) mass is 335 g/mol. The third-order valence-electron chi connectivity index (χ3n) is 2.27. The van der Waals surface area contributed by atoms with Gasteiger partial charge in [-0.2, -0.15) is 0 Å². The second-order valence-corrected chi connectivity index (χ2v) is 6.42. The van der Waals surface area contributed by atoms with Crippen LogP contribution < -0.4 is 4.72 Å². The fourth-order valence-electron chi connectivity index (χ4n) is 1.39. The number of carbonyl (C=O) groups is 1. The van der Waals surface area contributed by atoms with E-state index in [0.717, 1.165) is 0 Å². The summed E-state index contributed by atoms with van der Waals surface area (Å²) >= 11 is 3.17. The Morgan fingerprint density at radius 2 is 2.06 bits per heavy atom. The highest BCUT2D eigenvalue weighted by Gasteiger charge is 2.19. The molecule has 1 aromatic rings. The maximum absolute atomic E-state index is 12.0. The van der Waals surface area contributed by atoms with E-state index in [1.807, 2.05) is 0 Å². The van der Waals surface area contributed by atoms with Crippen LogP contribution in [0.25, 0.3) is 0 Å². The Labute approximate surface area is 114 Å². The highest BCUT2D eigenvalue weighted by molar-refractivity contribution is 9.10. The van der Waals surface area contributed by atoms with Crippen molar-refractivity contribution in [2.75, 3.05) is 0 Å². The number of aliphatic carboxylic acids is 1. The largest absolute Gasteiger partial charge is 0.481 e. The van der Waals surface area contributed by atoms with Gasteiger partial charge < -0.3 is 5.11 Å². The van der Waals surface area contributed by atoms with Crippen molar-refractivity contribution in [3.63, 3.8) is 0 Å². The molecule has 0 aromatic heterocycles. The van der Waals surface area contributed by atoms with Crippen molar-refractivity contribution in [2.45, 2.75) is 30.7 Å². The molecule has 1 aromatic carbocycles. The summed E-state index contributed by atoms with van der Waals surface area (Å²) in [6, 6.07) is 6.03. The molecule has 18 heavy (non-hydrogen) atoms. The fourth-order valence-corrected chi connectivity index (χ4v) is 3.67. The zero-order valence-electron chi connectivity index (χ0n) is 9.76. The molecule has 0 bridgehead atoms. The van der Waals surface area contributed by atoms with Gasteiger partial charge in [0.25, 0.3) is 0 Å². The number of carboxylic acid groups (broad SMARTS) is 1. The summed E-state index contributed by atoms with van der Waals surface area (Å²) in [5.41, 5.74) is 0. The van der Waals surface area contributed by atoms with E-state index in [2.05, 4.69) is 20.7 Å². The van der Waals surface area contributed by atoms with E-state index >= 15 is 0 Å². The lowest BCUT2D eigenvalue weighted by molar-refractivity contribution is -0.137. The zero-order valence-corrected chi connectivity index (χ0v) is 12.2. The van der Waals surface area contributed by atoms with Crippen LogP contribution in [0.5, 0.6) is 0 Å². The molecule has 0 spiro atoms. The first kappa shape index (κ1) is 15.1. The van der Waals surface area contributed by atoms with Gasteiger partial charge in [0.15, 0.2) is 0 Å². The van der Waals surface area contributed by atoms with Crippen LogP contribution in [-0.4, -0.2) is 25.5 Å². The number of benzene rings is 1. The fraction of sp³-hybridized carbons (Fsp3) is 0.364. The molecule has 5 nitrogen and oxygen atoms in total. The van der Waals surface area contributed by atoms with E-state index in [4.69, 9.17) is 5.11 Å². The number of rotatable bonds is 6. The van der Waals surface area contributed by atoms with E-state index < -0.39 is 22.0 Å². The molecule has 2 N–H and O–H groups in total. The lowest BCUT2D eigenvalue weighted by atomic mass is 10.2. The van der Waals surface area contributed by atoms with Crippen LogP contribution >= 0.6 is 15.9 Å². The van der Waals surface area contributed by atoms with Crippen molar-refractivity contribution in [3.05, 3.63) is 28.7 Å². The Balaban J connectivity index is 2.77. The van der Waals surface area contributed by atoms with Crippen LogP contribution in [0.15, 0.2) is 33.6 Å². The quantitative estimate of drug-likeness (QED) is 0.832. The SMILES string of the molecule is CC(CCC(=O)O)NS(=O)(=O)c1ccccc1Br. The van der Waals surface area contributed by atoms with Gasteiger partial charge in [0.1, 0.15) is 0 Å². The Bertz CT molecular complexity index is 530. The first-order valence-corrected chi connectivity index (χ1v) is 7.59. The predicted octanol–water partition coefficient (Wildman–Crippen LogP) is 1.98. The topological polar surface area (TPSA) is 83.5 Å².